The molecule has 0 unspecified atom stereocenters. The number of benzene rings is 2. The Labute approximate surface area is 139 Å². The molecule has 23 heavy (non-hydrogen) atoms. The van der Waals surface area contributed by atoms with Crippen molar-refractivity contribution < 1.29 is 9.90 Å². The fraction of sp³-hybridized carbons (Fsp3) is 0.381. The summed E-state index contributed by atoms with van der Waals surface area (Å²) in [6.07, 6.45) is 5.74. The third-order valence-electron chi connectivity index (χ3n) is 4.25. The molecule has 2 nitrogen and oxygen atoms in total. The molecule has 2 aromatic rings. The maximum absolute atomic E-state index is 12.8. The maximum Gasteiger partial charge on any atom is 0.197 e. The standard InChI is InChI=1S/C21H26O2/c1-4-5-6-7-8-17-10-12-20(22)19(14-17)21(23)18-11-9-15(2)13-16(18)3/h9-14,22H,4-8H2,1-3H3. The summed E-state index contributed by atoms with van der Waals surface area (Å²) in [5.41, 5.74) is 4.27. The number of ketones is 1. The fourth-order valence-electron chi connectivity index (χ4n) is 2.89. The lowest BCUT2D eigenvalue weighted by atomic mass is 9.95. The highest BCUT2D eigenvalue weighted by atomic mass is 16.3. The van der Waals surface area contributed by atoms with E-state index in [1.54, 1.807) is 6.07 Å². The quantitative estimate of drug-likeness (QED) is 0.552. The van der Waals surface area contributed by atoms with E-state index in [1.807, 2.05) is 44.2 Å². The number of rotatable bonds is 7. The first-order valence-corrected chi connectivity index (χ1v) is 8.46. The molecule has 0 atom stereocenters. The summed E-state index contributed by atoms with van der Waals surface area (Å²) in [5, 5.41) is 10.1. The van der Waals surface area contributed by atoms with Gasteiger partial charge in [-0.2, -0.15) is 0 Å². The van der Waals surface area contributed by atoms with E-state index < -0.39 is 0 Å². The summed E-state index contributed by atoms with van der Waals surface area (Å²) in [4.78, 5) is 12.8. The zero-order valence-electron chi connectivity index (χ0n) is 14.4. The number of aromatic hydroxyl groups is 1. The largest absolute Gasteiger partial charge is 0.507 e. The molecular formula is C21H26O2. The second kappa shape index (κ2) is 7.96. The van der Waals surface area contributed by atoms with Crippen molar-refractivity contribution in [1.82, 2.24) is 0 Å². The van der Waals surface area contributed by atoms with Gasteiger partial charge in [0.15, 0.2) is 5.78 Å². The fourth-order valence-corrected chi connectivity index (χ4v) is 2.89. The average Bonchev–Trinajstić information content (AvgIpc) is 2.52. The monoisotopic (exact) mass is 310 g/mol. The maximum atomic E-state index is 12.8. The number of carbonyl (C=O) groups is 1. The number of hydrogen-bond donors (Lipinski definition) is 1. The van der Waals surface area contributed by atoms with Gasteiger partial charge in [0, 0.05) is 5.56 Å². The topological polar surface area (TPSA) is 37.3 Å². The Kier molecular flexibility index (Phi) is 5.97. The molecule has 0 fully saturated rings. The number of aryl methyl sites for hydroxylation is 3. The minimum atomic E-state index is -0.101. The Bertz CT molecular complexity index is 686. The molecule has 0 saturated heterocycles. The van der Waals surface area contributed by atoms with Crippen molar-refractivity contribution in [3.05, 3.63) is 64.2 Å². The minimum Gasteiger partial charge on any atom is -0.507 e. The Hall–Kier alpha value is -2.09. The van der Waals surface area contributed by atoms with Gasteiger partial charge in [-0.3, -0.25) is 4.79 Å². The first-order valence-electron chi connectivity index (χ1n) is 8.46. The smallest absolute Gasteiger partial charge is 0.197 e. The molecule has 0 aliphatic rings. The lowest BCUT2D eigenvalue weighted by Crippen LogP contribution is -2.05. The average molecular weight is 310 g/mol. The molecule has 0 heterocycles. The number of unbranched alkanes of at least 4 members (excludes halogenated alkanes) is 3. The highest BCUT2D eigenvalue weighted by Gasteiger charge is 2.16. The highest BCUT2D eigenvalue weighted by Crippen LogP contribution is 2.24. The van der Waals surface area contributed by atoms with E-state index in [2.05, 4.69) is 6.92 Å². The van der Waals surface area contributed by atoms with Crippen molar-refractivity contribution in [2.45, 2.75) is 52.9 Å². The Morgan fingerprint density at radius 1 is 0.957 bits per heavy atom. The first kappa shape index (κ1) is 17.3. The molecule has 0 aliphatic heterocycles. The van der Waals surface area contributed by atoms with Crippen LogP contribution < -0.4 is 0 Å². The van der Waals surface area contributed by atoms with Crippen molar-refractivity contribution in [3.63, 3.8) is 0 Å². The van der Waals surface area contributed by atoms with Crippen molar-refractivity contribution in [2.75, 3.05) is 0 Å². The van der Waals surface area contributed by atoms with Gasteiger partial charge in [0.05, 0.1) is 5.56 Å². The van der Waals surface area contributed by atoms with Crippen LogP contribution in [0.15, 0.2) is 36.4 Å². The van der Waals surface area contributed by atoms with Crippen LogP contribution in [0.25, 0.3) is 0 Å². The van der Waals surface area contributed by atoms with Crippen LogP contribution in [0.4, 0.5) is 0 Å². The molecule has 122 valence electrons. The summed E-state index contributed by atoms with van der Waals surface area (Å²) in [5.74, 6) is -0.0392. The highest BCUT2D eigenvalue weighted by molar-refractivity contribution is 6.11. The zero-order chi connectivity index (χ0) is 16.8. The second-order valence-corrected chi connectivity index (χ2v) is 6.31. The molecule has 0 aliphatic carbocycles. The predicted molar refractivity (Wildman–Crippen MR) is 95.3 cm³/mol. The summed E-state index contributed by atoms with van der Waals surface area (Å²) in [7, 11) is 0. The first-order chi connectivity index (χ1) is 11.0. The normalized spacial score (nSPS) is 10.7. The van der Waals surface area contributed by atoms with Crippen LogP contribution in [-0.4, -0.2) is 10.9 Å². The van der Waals surface area contributed by atoms with Crippen LogP contribution in [0.2, 0.25) is 0 Å². The van der Waals surface area contributed by atoms with Crippen molar-refractivity contribution in [3.8, 4) is 5.75 Å². The van der Waals surface area contributed by atoms with E-state index >= 15 is 0 Å². The van der Waals surface area contributed by atoms with E-state index in [0.29, 0.717) is 11.1 Å². The molecule has 2 rings (SSSR count). The SMILES string of the molecule is CCCCCCc1ccc(O)c(C(=O)c2ccc(C)cc2C)c1. The summed E-state index contributed by atoms with van der Waals surface area (Å²) >= 11 is 0. The van der Waals surface area contributed by atoms with Gasteiger partial charge >= 0.3 is 0 Å². The number of phenols is 1. The van der Waals surface area contributed by atoms with Crippen molar-refractivity contribution in [2.24, 2.45) is 0 Å². The van der Waals surface area contributed by atoms with Gasteiger partial charge in [0.2, 0.25) is 0 Å². The van der Waals surface area contributed by atoms with Crippen LogP contribution in [0.1, 0.15) is 65.2 Å². The van der Waals surface area contributed by atoms with E-state index in [4.69, 9.17) is 0 Å². The van der Waals surface area contributed by atoms with Gasteiger partial charge in [-0.25, -0.2) is 0 Å². The van der Waals surface area contributed by atoms with Crippen LogP contribution in [0.5, 0.6) is 5.75 Å². The van der Waals surface area contributed by atoms with Gasteiger partial charge in [0.1, 0.15) is 5.75 Å². The van der Waals surface area contributed by atoms with Crippen molar-refractivity contribution >= 4 is 5.78 Å². The molecule has 2 heteroatoms. The molecule has 0 spiro atoms. The van der Waals surface area contributed by atoms with Crippen LogP contribution in [0.3, 0.4) is 0 Å². The molecule has 0 radical (unpaired) electrons. The lowest BCUT2D eigenvalue weighted by molar-refractivity contribution is 0.103. The van der Waals surface area contributed by atoms with E-state index in [0.717, 1.165) is 29.5 Å². The second-order valence-electron chi connectivity index (χ2n) is 6.31. The molecule has 0 amide bonds. The van der Waals surface area contributed by atoms with Gasteiger partial charge in [-0.15, -0.1) is 0 Å². The van der Waals surface area contributed by atoms with Crippen LogP contribution >= 0.6 is 0 Å². The van der Waals surface area contributed by atoms with Crippen LogP contribution in [0, 0.1) is 13.8 Å². The zero-order valence-corrected chi connectivity index (χ0v) is 14.4. The molecule has 2 aromatic carbocycles. The van der Waals surface area contributed by atoms with E-state index in [9.17, 15) is 9.90 Å². The van der Waals surface area contributed by atoms with E-state index in [1.165, 1.54) is 19.3 Å². The molecule has 1 N–H and O–H groups in total. The summed E-state index contributed by atoms with van der Waals surface area (Å²) in [6, 6.07) is 11.2. The minimum absolute atomic E-state index is 0.0623. The Morgan fingerprint density at radius 2 is 1.74 bits per heavy atom. The van der Waals surface area contributed by atoms with Gasteiger partial charge in [0.25, 0.3) is 0 Å². The third-order valence-corrected chi connectivity index (χ3v) is 4.25. The summed E-state index contributed by atoms with van der Waals surface area (Å²) < 4.78 is 0. The van der Waals surface area contributed by atoms with Crippen LogP contribution in [-0.2, 0) is 6.42 Å². The number of hydrogen-bond acceptors (Lipinski definition) is 2. The van der Waals surface area contributed by atoms with Gasteiger partial charge < -0.3 is 5.11 Å². The molecular weight excluding hydrogens is 284 g/mol. The number of carbonyl (C=O) groups excluding carboxylic acids is 1. The van der Waals surface area contributed by atoms with E-state index in [-0.39, 0.29) is 11.5 Å². The molecule has 0 bridgehead atoms. The Balaban J connectivity index is 2.22. The third kappa shape index (κ3) is 4.44. The molecule has 0 aromatic heterocycles. The Morgan fingerprint density at radius 3 is 2.43 bits per heavy atom. The number of phenolic OH excluding ortho intramolecular Hbond substituents is 1. The van der Waals surface area contributed by atoms with Gasteiger partial charge in [-0.05, 0) is 49.9 Å². The predicted octanol–water partition coefficient (Wildman–Crippen LogP) is 5.36. The summed E-state index contributed by atoms with van der Waals surface area (Å²) in [6.45, 7) is 6.14. The van der Waals surface area contributed by atoms with Crippen molar-refractivity contribution in [1.29, 1.82) is 0 Å². The lowest BCUT2D eigenvalue weighted by Gasteiger charge is -2.10. The molecule has 0 saturated carbocycles. The van der Waals surface area contributed by atoms with Gasteiger partial charge in [-0.1, -0.05) is 56.0 Å².